The number of benzene rings is 1. The van der Waals surface area contributed by atoms with Crippen molar-refractivity contribution in [1.29, 1.82) is 0 Å². The van der Waals surface area contributed by atoms with Crippen LogP contribution in [0.25, 0.3) is 10.9 Å². The lowest BCUT2D eigenvalue weighted by atomic mass is 10.2. The third-order valence-electron chi connectivity index (χ3n) is 2.28. The zero-order valence-corrected chi connectivity index (χ0v) is 8.47. The van der Waals surface area contributed by atoms with Crippen LogP contribution >= 0.6 is 15.9 Å². The molecule has 0 unspecified atom stereocenters. The fourth-order valence-corrected chi connectivity index (χ4v) is 1.91. The molecule has 13 heavy (non-hydrogen) atoms. The van der Waals surface area contributed by atoms with Gasteiger partial charge in [0, 0.05) is 21.1 Å². The monoisotopic (exact) mass is 237 g/mol. The van der Waals surface area contributed by atoms with E-state index in [-0.39, 0.29) is 0 Å². The molecule has 0 spiro atoms. The molecule has 0 bridgehead atoms. The van der Waals surface area contributed by atoms with Crippen molar-refractivity contribution in [3.63, 3.8) is 0 Å². The fraction of sp³-hybridized carbons (Fsp3) is 0.200. The number of epoxide rings is 1. The van der Waals surface area contributed by atoms with Gasteiger partial charge in [-0.3, -0.25) is 0 Å². The average molecular weight is 238 g/mol. The lowest BCUT2D eigenvalue weighted by Gasteiger charge is -1.89. The van der Waals surface area contributed by atoms with E-state index in [0.29, 0.717) is 6.10 Å². The predicted molar refractivity (Wildman–Crippen MR) is 54.7 cm³/mol. The van der Waals surface area contributed by atoms with Crippen LogP contribution in [0.15, 0.2) is 28.7 Å². The SMILES string of the molecule is Brc1ccc2[nH]c([C@@H]3CO3)cc2c1. The van der Waals surface area contributed by atoms with Gasteiger partial charge in [0.15, 0.2) is 0 Å². The van der Waals surface area contributed by atoms with E-state index >= 15 is 0 Å². The minimum atomic E-state index is 0.311. The standard InChI is InChI=1S/C10H8BrNO/c11-7-1-2-8-6(3-7)4-9(12-8)10-5-13-10/h1-4,10,12H,5H2/t10-/m0/s1. The van der Waals surface area contributed by atoms with E-state index in [4.69, 9.17) is 4.74 Å². The number of H-pyrrole nitrogens is 1. The van der Waals surface area contributed by atoms with Gasteiger partial charge in [0.05, 0.1) is 6.61 Å². The fourth-order valence-electron chi connectivity index (χ4n) is 1.53. The predicted octanol–water partition coefficient (Wildman–Crippen LogP) is 3.00. The molecule has 1 N–H and O–H groups in total. The highest BCUT2D eigenvalue weighted by Crippen LogP contribution is 2.31. The third-order valence-corrected chi connectivity index (χ3v) is 2.78. The van der Waals surface area contributed by atoms with Crippen LogP contribution in [0.5, 0.6) is 0 Å². The molecule has 2 heterocycles. The van der Waals surface area contributed by atoms with Gasteiger partial charge >= 0.3 is 0 Å². The van der Waals surface area contributed by atoms with Crippen molar-refractivity contribution >= 4 is 26.8 Å². The average Bonchev–Trinajstić information content (AvgIpc) is 2.87. The Balaban J connectivity index is 2.20. The van der Waals surface area contributed by atoms with E-state index < -0.39 is 0 Å². The Bertz CT molecular complexity index is 459. The maximum atomic E-state index is 5.21. The minimum absolute atomic E-state index is 0.311. The molecule has 2 aromatic rings. The molecule has 3 rings (SSSR count). The van der Waals surface area contributed by atoms with Crippen molar-refractivity contribution in [2.75, 3.05) is 6.61 Å². The lowest BCUT2D eigenvalue weighted by molar-refractivity contribution is 0.412. The van der Waals surface area contributed by atoms with Crippen LogP contribution in [-0.4, -0.2) is 11.6 Å². The molecule has 0 aliphatic carbocycles. The van der Waals surface area contributed by atoms with Gasteiger partial charge in [-0.2, -0.15) is 0 Å². The molecule has 1 fully saturated rings. The van der Waals surface area contributed by atoms with Gasteiger partial charge in [-0.15, -0.1) is 0 Å². The molecule has 1 aromatic heterocycles. The summed E-state index contributed by atoms with van der Waals surface area (Å²) >= 11 is 3.45. The van der Waals surface area contributed by atoms with E-state index in [0.717, 1.165) is 11.1 Å². The second-order valence-corrected chi connectivity index (χ2v) is 4.19. The smallest absolute Gasteiger partial charge is 0.121 e. The summed E-state index contributed by atoms with van der Waals surface area (Å²) in [6, 6.07) is 8.37. The Kier molecular flexibility index (Phi) is 1.51. The molecule has 3 heteroatoms. The highest BCUT2D eigenvalue weighted by atomic mass is 79.9. The maximum absolute atomic E-state index is 5.21. The van der Waals surface area contributed by atoms with Gasteiger partial charge in [0.1, 0.15) is 6.10 Å². The third kappa shape index (κ3) is 1.28. The quantitative estimate of drug-likeness (QED) is 0.760. The van der Waals surface area contributed by atoms with Crippen molar-refractivity contribution in [2.45, 2.75) is 6.10 Å². The molecule has 1 saturated heterocycles. The maximum Gasteiger partial charge on any atom is 0.121 e. The van der Waals surface area contributed by atoms with Crippen LogP contribution in [0.1, 0.15) is 11.8 Å². The number of ether oxygens (including phenoxy) is 1. The van der Waals surface area contributed by atoms with E-state index in [1.165, 1.54) is 16.6 Å². The van der Waals surface area contributed by atoms with E-state index in [1.54, 1.807) is 0 Å². The summed E-state index contributed by atoms with van der Waals surface area (Å²) in [5.41, 5.74) is 2.36. The zero-order valence-electron chi connectivity index (χ0n) is 6.88. The van der Waals surface area contributed by atoms with Crippen LogP contribution < -0.4 is 0 Å². The first-order chi connectivity index (χ1) is 6.33. The Hall–Kier alpha value is -0.800. The number of hydrogen-bond acceptors (Lipinski definition) is 1. The van der Waals surface area contributed by atoms with Crippen molar-refractivity contribution in [3.05, 3.63) is 34.4 Å². The van der Waals surface area contributed by atoms with Crippen molar-refractivity contribution in [1.82, 2.24) is 4.98 Å². The second kappa shape index (κ2) is 2.59. The number of halogens is 1. The number of fused-ring (bicyclic) bond motifs is 1. The Labute approximate surface area is 84.0 Å². The van der Waals surface area contributed by atoms with Crippen LogP contribution in [-0.2, 0) is 4.74 Å². The van der Waals surface area contributed by atoms with E-state index in [9.17, 15) is 0 Å². The highest BCUT2D eigenvalue weighted by molar-refractivity contribution is 9.10. The van der Waals surface area contributed by atoms with Crippen LogP contribution in [0.3, 0.4) is 0 Å². The summed E-state index contributed by atoms with van der Waals surface area (Å²) in [5, 5.41) is 1.24. The first-order valence-corrected chi connectivity index (χ1v) is 5.02. The molecular weight excluding hydrogens is 230 g/mol. The number of hydrogen-bond donors (Lipinski definition) is 1. The molecular formula is C10H8BrNO. The van der Waals surface area contributed by atoms with Crippen molar-refractivity contribution in [3.8, 4) is 0 Å². The second-order valence-electron chi connectivity index (χ2n) is 3.28. The molecule has 0 saturated carbocycles. The molecule has 66 valence electrons. The first-order valence-electron chi connectivity index (χ1n) is 4.23. The molecule has 0 radical (unpaired) electrons. The Morgan fingerprint density at radius 1 is 1.38 bits per heavy atom. The molecule has 1 aliphatic rings. The summed E-state index contributed by atoms with van der Waals surface area (Å²) in [6.07, 6.45) is 0.311. The van der Waals surface area contributed by atoms with Gasteiger partial charge in [-0.25, -0.2) is 0 Å². The molecule has 1 aromatic carbocycles. The first kappa shape index (κ1) is 7.59. The summed E-state index contributed by atoms with van der Waals surface area (Å²) < 4.78 is 6.32. The van der Waals surface area contributed by atoms with Crippen LogP contribution in [0.4, 0.5) is 0 Å². The van der Waals surface area contributed by atoms with Gasteiger partial charge in [-0.1, -0.05) is 15.9 Å². The largest absolute Gasteiger partial charge is 0.366 e. The highest BCUT2D eigenvalue weighted by Gasteiger charge is 2.26. The number of rotatable bonds is 1. The summed E-state index contributed by atoms with van der Waals surface area (Å²) in [5.74, 6) is 0. The number of aromatic amines is 1. The lowest BCUT2D eigenvalue weighted by Crippen LogP contribution is -1.76. The summed E-state index contributed by atoms with van der Waals surface area (Å²) in [4.78, 5) is 3.34. The van der Waals surface area contributed by atoms with Gasteiger partial charge in [0.25, 0.3) is 0 Å². The molecule has 2 nitrogen and oxygen atoms in total. The Morgan fingerprint density at radius 3 is 3.00 bits per heavy atom. The van der Waals surface area contributed by atoms with E-state index in [2.05, 4.69) is 39.1 Å². The van der Waals surface area contributed by atoms with Crippen LogP contribution in [0.2, 0.25) is 0 Å². The summed E-state index contributed by atoms with van der Waals surface area (Å²) in [6.45, 7) is 0.855. The summed E-state index contributed by atoms with van der Waals surface area (Å²) in [7, 11) is 0. The van der Waals surface area contributed by atoms with E-state index in [1.807, 2.05) is 6.07 Å². The minimum Gasteiger partial charge on any atom is -0.366 e. The Morgan fingerprint density at radius 2 is 2.23 bits per heavy atom. The van der Waals surface area contributed by atoms with Gasteiger partial charge in [-0.05, 0) is 24.3 Å². The number of nitrogens with one attached hydrogen (secondary N) is 1. The zero-order chi connectivity index (χ0) is 8.84. The van der Waals surface area contributed by atoms with Crippen LogP contribution in [0, 0.1) is 0 Å². The normalized spacial score (nSPS) is 20.8. The van der Waals surface area contributed by atoms with Crippen molar-refractivity contribution < 1.29 is 4.74 Å². The van der Waals surface area contributed by atoms with Gasteiger partial charge < -0.3 is 9.72 Å². The number of aromatic nitrogens is 1. The topological polar surface area (TPSA) is 28.3 Å². The van der Waals surface area contributed by atoms with Gasteiger partial charge in [0.2, 0.25) is 0 Å². The molecule has 1 aliphatic heterocycles. The molecule has 0 amide bonds. The molecule has 1 atom stereocenters. The van der Waals surface area contributed by atoms with Crippen molar-refractivity contribution in [2.24, 2.45) is 0 Å².